The van der Waals surface area contributed by atoms with E-state index >= 15 is 0 Å². The van der Waals surface area contributed by atoms with Gasteiger partial charge < -0.3 is 16.4 Å². The van der Waals surface area contributed by atoms with E-state index in [0.717, 1.165) is 11.1 Å². The Labute approximate surface area is 213 Å². The number of carbonyl (C=O) groups is 3. The summed E-state index contributed by atoms with van der Waals surface area (Å²) < 4.78 is 13.4. The van der Waals surface area contributed by atoms with Crippen LogP contribution >= 0.6 is 11.8 Å². The molecule has 0 radical (unpaired) electrons. The molecule has 1 heterocycles. The summed E-state index contributed by atoms with van der Waals surface area (Å²) in [5.74, 6) is -0.830. The van der Waals surface area contributed by atoms with E-state index in [2.05, 4.69) is 10.6 Å². The number of halogens is 1. The summed E-state index contributed by atoms with van der Waals surface area (Å²) in [5, 5.41) is 5.73. The molecule has 36 heavy (non-hydrogen) atoms. The zero-order chi connectivity index (χ0) is 25.7. The van der Waals surface area contributed by atoms with Crippen molar-refractivity contribution in [3.8, 4) is 0 Å². The van der Waals surface area contributed by atoms with Gasteiger partial charge >= 0.3 is 0 Å². The molecule has 0 bridgehead atoms. The molecule has 9 heteroatoms. The largest absolute Gasteiger partial charge is 0.348 e. The highest BCUT2D eigenvalue weighted by atomic mass is 32.2. The summed E-state index contributed by atoms with van der Waals surface area (Å²) in [7, 11) is 0. The molecule has 1 unspecified atom stereocenters. The Morgan fingerprint density at radius 3 is 2.50 bits per heavy atom. The summed E-state index contributed by atoms with van der Waals surface area (Å²) >= 11 is 1.57. The summed E-state index contributed by atoms with van der Waals surface area (Å²) in [6, 6.07) is 17.0. The molecule has 0 aromatic heterocycles. The minimum atomic E-state index is -0.725. The number of thioether (sulfide) groups is 1. The Morgan fingerprint density at radius 2 is 1.78 bits per heavy atom. The monoisotopic (exact) mass is 506 g/mol. The molecule has 3 amide bonds. The zero-order valence-corrected chi connectivity index (χ0v) is 20.6. The molecule has 0 fully saturated rings. The minimum Gasteiger partial charge on any atom is -0.348 e. The number of anilines is 2. The van der Waals surface area contributed by atoms with Crippen molar-refractivity contribution in [2.75, 3.05) is 22.2 Å². The Hall–Kier alpha value is -3.69. The van der Waals surface area contributed by atoms with Crippen LogP contribution < -0.4 is 21.3 Å². The molecule has 0 aliphatic carbocycles. The van der Waals surface area contributed by atoms with Gasteiger partial charge in [-0.3, -0.25) is 19.3 Å². The van der Waals surface area contributed by atoms with Gasteiger partial charge in [0.15, 0.2) is 0 Å². The highest BCUT2D eigenvalue weighted by Gasteiger charge is 2.37. The van der Waals surface area contributed by atoms with Gasteiger partial charge in [0.05, 0.1) is 11.4 Å². The summed E-state index contributed by atoms with van der Waals surface area (Å²) in [6.45, 7) is 0.736. The van der Waals surface area contributed by atoms with Crippen molar-refractivity contribution in [3.05, 3.63) is 94.8 Å². The van der Waals surface area contributed by atoms with Crippen LogP contribution in [0.2, 0.25) is 0 Å². The van der Waals surface area contributed by atoms with E-state index in [1.807, 2.05) is 30.5 Å². The number of amides is 3. The van der Waals surface area contributed by atoms with Crippen molar-refractivity contribution in [3.63, 3.8) is 0 Å². The third-order valence-electron chi connectivity index (χ3n) is 5.98. The Morgan fingerprint density at radius 1 is 1.06 bits per heavy atom. The van der Waals surface area contributed by atoms with Gasteiger partial charge in [0.25, 0.3) is 11.8 Å². The SMILES string of the molecule is CSCCC1C(=O)Nc2cc(C(=O)NCc3cccc(CN)c3)ccc2N1C(=O)c1ccc(F)cc1. The number of nitrogens with zero attached hydrogens (tertiary/aromatic N) is 1. The standard InChI is InChI=1S/C27H27FN4O3S/c1-36-12-11-24-26(34)31-22-14-20(25(33)30-16-18-4-2-3-17(13-18)15-29)7-10-23(22)32(24)27(35)19-5-8-21(28)9-6-19/h2-10,13-14,24H,11-12,15-16,29H2,1H3,(H,30,33)(H,31,34). The summed E-state index contributed by atoms with van der Waals surface area (Å²) in [6.07, 6.45) is 2.38. The van der Waals surface area contributed by atoms with E-state index in [9.17, 15) is 18.8 Å². The third kappa shape index (κ3) is 5.58. The van der Waals surface area contributed by atoms with Crippen LogP contribution in [0.3, 0.4) is 0 Å². The van der Waals surface area contributed by atoms with Crippen molar-refractivity contribution in [2.24, 2.45) is 5.73 Å². The quantitative estimate of drug-likeness (QED) is 0.429. The van der Waals surface area contributed by atoms with E-state index in [-0.39, 0.29) is 17.4 Å². The highest BCUT2D eigenvalue weighted by Crippen LogP contribution is 2.35. The summed E-state index contributed by atoms with van der Waals surface area (Å²) in [4.78, 5) is 40.8. The first-order chi connectivity index (χ1) is 17.4. The van der Waals surface area contributed by atoms with Gasteiger partial charge in [-0.05, 0) is 72.0 Å². The maximum absolute atomic E-state index is 13.5. The lowest BCUT2D eigenvalue weighted by molar-refractivity contribution is -0.117. The fourth-order valence-corrected chi connectivity index (χ4v) is 4.57. The average molecular weight is 507 g/mol. The van der Waals surface area contributed by atoms with Crippen LogP contribution in [0.1, 0.15) is 38.3 Å². The second-order valence-corrected chi connectivity index (χ2v) is 9.39. The van der Waals surface area contributed by atoms with Crippen LogP contribution in [0.25, 0.3) is 0 Å². The Kier molecular flexibility index (Phi) is 8.02. The molecular weight excluding hydrogens is 479 g/mol. The molecule has 1 aliphatic rings. The lowest BCUT2D eigenvalue weighted by atomic mass is 10.0. The van der Waals surface area contributed by atoms with Crippen LogP contribution in [0, 0.1) is 5.82 Å². The lowest BCUT2D eigenvalue weighted by Gasteiger charge is -2.36. The fourth-order valence-electron chi connectivity index (χ4n) is 4.11. The minimum absolute atomic E-state index is 0.271. The van der Waals surface area contributed by atoms with Gasteiger partial charge in [0.2, 0.25) is 5.91 Å². The number of nitrogens with one attached hydrogen (secondary N) is 2. The first-order valence-electron chi connectivity index (χ1n) is 11.5. The molecule has 186 valence electrons. The van der Waals surface area contributed by atoms with Gasteiger partial charge in [-0.1, -0.05) is 24.3 Å². The molecule has 0 spiro atoms. The number of carbonyl (C=O) groups excluding carboxylic acids is 3. The number of rotatable bonds is 8. The van der Waals surface area contributed by atoms with E-state index in [1.54, 1.807) is 30.0 Å². The maximum atomic E-state index is 13.5. The molecule has 3 aromatic rings. The number of benzene rings is 3. The second-order valence-electron chi connectivity index (χ2n) is 8.41. The van der Waals surface area contributed by atoms with Crippen LogP contribution in [-0.2, 0) is 17.9 Å². The Bertz CT molecular complexity index is 1280. The summed E-state index contributed by atoms with van der Waals surface area (Å²) in [5.41, 5.74) is 9.06. The fraction of sp³-hybridized carbons (Fsp3) is 0.222. The molecular formula is C27H27FN4O3S. The number of hydrogen-bond acceptors (Lipinski definition) is 5. The zero-order valence-electron chi connectivity index (χ0n) is 19.8. The number of hydrogen-bond donors (Lipinski definition) is 3. The highest BCUT2D eigenvalue weighted by molar-refractivity contribution is 7.98. The van der Waals surface area contributed by atoms with E-state index in [4.69, 9.17) is 5.73 Å². The maximum Gasteiger partial charge on any atom is 0.259 e. The molecule has 1 atom stereocenters. The molecule has 0 saturated heterocycles. The van der Waals surface area contributed by atoms with Crippen LogP contribution in [0.4, 0.5) is 15.8 Å². The van der Waals surface area contributed by atoms with Crippen molar-refractivity contribution in [2.45, 2.75) is 25.6 Å². The van der Waals surface area contributed by atoms with E-state index < -0.39 is 17.8 Å². The number of fused-ring (bicyclic) bond motifs is 1. The first kappa shape index (κ1) is 25.4. The van der Waals surface area contributed by atoms with E-state index in [0.29, 0.717) is 42.2 Å². The van der Waals surface area contributed by atoms with Crippen molar-refractivity contribution < 1.29 is 18.8 Å². The number of nitrogens with two attached hydrogens (primary N) is 1. The molecule has 4 N–H and O–H groups in total. The smallest absolute Gasteiger partial charge is 0.259 e. The molecule has 1 aliphatic heterocycles. The van der Waals surface area contributed by atoms with Gasteiger partial charge in [-0.25, -0.2) is 4.39 Å². The molecule has 0 saturated carbocycles. The molecule has 7 nitrogen and oxygen atoms in total. The third-order valence-corrected chi connectivity index (χ3v) is 6.62. The normalized spacial score (nSPS) is 14.7. The van der Waals surface area contributed by atoms with Crippen molar-refractivity contribution in [1.82, 2.24) is 5.32 Å². The van der Waals surface area contributed by atoms with Crippen molar-refractivity contribution >= 4 is 40.9 Å². The average Bonchev–Trinajstić information content (AvgIpc) is 2.90. The van der Waals surface area contributed by atoms with Gasteiger partial charge in [-0.2, -0.15) is 11.8 Å². The molecule has 3 aromatic carbocycles. The lowest BCUT2D eigenvalue weighted by Crippen LogP contribution is -2.51. The first-order valence-corrected chi connectivity index (χ1v) is 12.9. The van der Waals surface area contributed by atoms with Crippen LogP contribution in [0.15, 0.2) is 66.7 Å². The predicted molar refractivity (Wildman–Crippen MR) is 141 cm³/mol. The van der Waals surface area contributed by atoms with Crippen LogP contribution in [0.5, 0.6) is 0 Å². The van der Waals surface area contributed by atoms with E-state index in [1.165, 1.54) is 29.2 Å². The van der Waals surface area contributed by atoms with Gasteiger partial charge in [-0.15, -0.1) is 0 Å². The molecule has 4 rings (SSSR count). The van der Waals surface area contributed by atoms with Gasteiger partial charge in [0, 0.05) is 24.2 Å². The second kappa shape index (κ2) is 11.4. The van der Waals surface area contributed by atoms with Crippen LogP contribution in [-0.4, -0.2) is 35.8 Å². The predicted octanol–water partition coefficient (Wildman–Crippen LogP) is 3.94. The Balaban J connectivity index is 1.60. The van der Waals surface area contributed by atoms with Crippen molar-refractivity contribution in [1.29, 1.82) is 0 Å². The topological polar surface area (TPSA) is 105 Å². The van der Waals surface area contributed by atoms with Gasteiger partial charge in [0.1, 0.15) is 11.9 Å².